The van der Waals surface area contributed by atoms with Crippen molar-refractivity contribution < 1.29 is 30.8 Å². The fraction of sp³-hybridized carbons (Fsp3) is 0.333. The van der Waals surface area contributed by atoms with E-state index in [0.717, 1.165) is 10.8 Å². The molecule has 1 saturated carbocycles. The number of aryl methyl sites for hydroxylation is 1. The van der Waals surface area contributed by atoms with Crippen molar-refractivity contribution >= 4 is 37.5 Å². The third-order valence-electron chi connectivity index (χ3n) is 4.20. The number of sulfonamides is 1. The lowest BCUT2D eigenvalue weighted by atomic mass is 10.3. The summed E-state index contributed by atoms with van der Waals surface area (Å²) in [5, 5.41) is 2.37. The number of halogens is 5. The molecule has 7 nitrogen and oxygen atoms in total. The first-order valence-corrected chi connectivity index (χ1v) is 10.0. The van der Waals surface area contributed by atoms with E-state index in [1.165, 1.54) is 30.1 Å². The smallest absolute Gasteiger partial charge is 0.343 e. The second kappa shape index (κ2) is 6.81. The molecule has 0 bridgehead atoms. The predicted molar refractivity (Wildman–Crippen MR) is 93.6 cm³/mol. The first-order valence-electron chi connectivity index (χ1n) is 7.75. The summed E-state index contributed by atoms with van der Waals surface area (Å²) >= 11 is 3.10. The zero-order chi connectivity index (χ0) is 20.9. The van der Waals surface area contributed by atoms with Crippen molar-refractivity contribution in [1.29, 1.82) is 0 Å². The van der Waals surface area contributed by atoms with E-state index in [1.54, 1.807) is 0 Å². The van der Waals surface area contributed by atoms with Crippen LogP contribution in [0.3, 0.4) is 0 Å². The largest absolute Gasteiger partial charge is 0.407 e. The zero-order valence-electron chi connectivity index (χ0n) is 14.1. The van der Waals surface area contributed by atoms with Crippen LogP contribution >= 0.6 is 15.9 Å². The number of nitrogens with zero attached hydrogens (tertiary/aromatic N) is 2. The van der Waals surface area contributed by atoms with E-state index < -0.39 is 56.9 Å². The van der Waals surface area contributed by atoms with Crippen LogP contribution < -0.4 is 10.0 Å². The van der Waals surface area contributed by atoms with E-state index in [0.29, 0.717) is 4.60 Å². The second-order valence-electron chi connectivity index (χ2n) is 6.27. The maximum atomic E-state index is 14.7. The molecular formula is C15H13BrF4N4O3S. The number of alkyl halides is 3. The van der Waals surface area contributed by atoms with Gasteiger partial charge in [0.25, 0.3) is 5.91 Å². The van der Waals surface area contributed by atoms with Crippen molar-refractivity contribution in [3.05, 3.63) is 40.6 Å². The van der Waals surface area contributed by atoms with Crippen LogP contribution in [-0.4, -0.2) is 35.6 Å². The quantitative estimate of drug-likeness (QED) is 0.504. The summed E-state index contributed by atoms with van der Waals surface area (Å²) in [4.78, 5) is 15.2. The van der Waals surface area contributed by atoms with Gasteiger partial charge in [-0.2, -0.15) is 17.9 Å². The number of carbonyl (C=O) groups excluding carboxylic acids is 1. The molecule has 2 heterocycles. The summed E-state index contributed by atoms with van der Waals surface area (Å²) in [6, 6.07) is 2.85. The topological polar surface area (TPSA) is 93.1 Å². The molecule has 0 saturated heterocycles. The number of pyridine rings is 1. The number of nitrogens with one attached hydrogen (secondary N) is 2. The van der Waals surface area contributed by atoms with Crippen molar-refractivity contribution in [3.8, 4) is 0 Å². The van der Waals surface area contributed by atoms with Crippen molar-refractivity contribution in [2.45, 2.75) is 29.5 Å². The minimum Gasteiger partial charge on any atom is -0.343 e. The van der Waals surface area contributed by atoms with Crippen LogP contribution in [0.2, 0.25) is 0 Å². The molecule has 1 fully saturated rings. The highest BCUT2D eigenvalue weighted by Gasteiger charge is 2.65. The Morgan fingerprint density at radius 3 is 2.54 bits per heavy atom. The number of hydrogen-bond donors (Lipinski definition) is 2. The molecule has 13 heteroatoms. The highest BCUT2D eigenvalue weighted by Crippen LogP contribution is 2.49. The number of hydrogen-bond acceptors (Lipinski definition) is 4. The SMILES string of the molecule is Cn1cc(S(=O)(=O)NC2(C(F)(F)F)CC2)c(F)c1C(=O)Nc1ccnc(Br)c1. The second-order valence-corrected chi connectivity index (χ2v) is 8.74. The van der Waals surface area contributed by atoms with Crippen LogP contribution in [-0.2, 0) is 17.1 Å². The van der Waals surface area contributed by atoms with Crippen LogP contribution in [0.15, 0.2) is 34.0 Å². The lowest BCUT2D eigenvalue weighted by Gasteiger charge is -2.20. The van der Waals surface area contributed by atoms with Crippen molar-refractivity contribution in [1.82, 2.24) is 14.3 Å². The normalized spacial score (nSPS) is 16.1. The van der Waals surface area contributed by atoms with Crippen molar-refractivity contribution in [2.75, 3.05) is 5.32 Å². The third-order valence-corrected chi connectivity index (χ3v) is 6.16. The van der Waals surface area contributed by atoms with E-state index >= 15 is 0 Å². The Morgan fingerprint density at radius 1 is 1.36 bits per heavy atom. The summed E-state index contributed by atoms with van der Waals surface area (Å²) in [5.74, 6) is -2.42. The average molecular weight is 485 g/mol. The Kier molecular flexibility index (Phi) is 5.04. The van der Waals surface area contributed by atoms with Crippen LogP contribution in [0.5, 0.6) is 0 Å². The molecule has 0 atom stereocenters. The van der Waals surface area contributed by atoms with Gasteiger partial charge in [0.2, 0.25) is 10.0 Å². The maximum Gasteiger partial charge on any atom is 0.407 e. The summed E-state index contributed by atoms with van der Waals surface area (Å²) in [5.41, 5.74) is -2.99. The van der Waals surface area contributed by atoms with Gasteiger partial charge in [-0.3, -0.25) is 4.79 Å². The Balaban J connectivity index is 1.90. The lowest BCUT2D eigenvalue weighted by molar-refractivity contribution is -0.160. The van der Waals surface area contributed by atoms with Gasteiger partial charge in [0, 0.05) is 25.1 Å². The van der Waals surface area contributed by atoms with Crippen LogP contribution in [0.1, 0.15) is 23.3 Å². The molecule has 0 spiro atoms. The fourth-order valence-corrected chi connectivity index (χ4v) is 4.51. The van der Waals surface area contributed by atoms with Gasteiger partial charge in [-0.15, -0.1) is 0 Å². The van der Waals surface area contributed by atoms with Gasteiger partial charge < -0.3 is 9.88 Å². The van der Waals surface area contributed by atoms with Gasteiger partial charge in [0.15, 0.2) is 5.82 Å². The Bertz CT molecular complexity index is 1050. The van der Waals surface area contributed by atoms with E-state index in [1.807, 2.05) is 0 Å². The van der Waals surface area contributed by atoms with E-state index in [-0.39, 0.29) is 5.69 Å². The number of carbonyl (C=O) groups is 1. The highest BCUT2D eigenvalue weighted by molar-refractivity contribution is 9.10. The molecule has 152 valence electrons. The first kappa shape index (κ1) is 20.7. The molecular weight excluding hydrogens is 472 g/mol. The van der Waals surface area contributed by atoms with E-state index in [9.17, 15) is 30.8 Å². The van der Waals surface area contributed by atoms with E-state index in [2.05, 4.69) is 26.2 Å². The summed E-state index contributed by atoms with van der Waals surface area (Å²) < 4.78 is 81.3. The van der Waals surface area contributed by atoms with E-state index in [4.69, 9.17) is 0 Å². The predicted octanol–water partition coefficient (Wildman–Crippen LogP) is 2.95. The summed E-state index contributed by atoms with van der Waals surface area (Å²) in [7, 11) is -3.64. The Labute approximate surface area is 165 Å². The standard InChI is InChI=1S/C15H13BrF4N4O3S/c1-24-7-9(28(26,27)23-14(3-4-14)15(18,19)20)11(17)12(24)13(25)22-8-2-5-21-10(16)6-8/h2,5-7,23H,3-4H2,1H3,(H,21,22,25). The van der Waals surface area contributed by atoms with Crippen LogP contribution in [0.25, 0.3) is 0 Å². The van der Waals surface area contributed by atoms with Gasteiger partial charge in [0.05, 0.1) is 0 Å². The van der Waals surface area contributed by atoms with Gasteiger partial charge >= 0.3 is 6.18 Å². The zero-order valence-corrected chi connectivity index (χ0v) is 16.5. The Hall–Kier alpha value is -1.99. The van der Waals surface area contributed by atoms with Gasteiger partial charge in [0.1, 0.15) is 20.7 Å². The highest BCUT2D eigenvalue weighted by atomic mass is 79.9. The van der Waals surface area contributed by atoms with Crippen LogP contribution in [0.4, 0.5) is 23.2 Å². The van der Waals surface area contributed by atoms with Crippen molar-refractivity contribution in [2.24, 2.45) is 7.05 Å². The van der Waals surface area contributed by atoms with Gasteiger partial charge in [-0.25, -0.2) is 17.8 Å². The lowest BCUT2D eigenvalue weighted by Crippen LogP contribution is -2.47. The number of anilines is 1. The molecule has 2 aromatic heterocycles. The van der Waals surface area contributed by atoms with Gasteiger partial charge in [-0.1, -0.05) is 0 Å². The molecule has 0 aromatic carbocycles. The first-order chi connectivity index (χ1) is 12.9. The summed E-state index contributed by atoms with van der Waals surface area (Å²) in [6.07, 6.45) is -3.56. The molecule has 28 heavy (non-hydrogen) atoms. The molecule has 2 aromatic rings. The molecule has 1 aliphatic carbocycles. The molecule has 0 aliphatic heterocycles. The molecule has 1 aliphatic rings. The van der Waals surface area contributed by atoms with Gasteiger partial charge in [-0.05, 0) is 40.9 Å². The molecule has 2 N–H and O–H groups in total. The van der Waals surface area contributed by atoms with Crippen LogP contribution in [0, 0.1) is 5.82 Å². The number of aromatic nitrogens is 2. The monoisotopic (exact) mass is 484 g/mol. The average Bonchev–Trinajstić information content (AvgIpc) is 3.25. The minimum atomic E-state index is -4.85. The molecule has 1 amide bonds. The molecule has 0 unspecified atom stereocenters. The number of rotatable bonds is 5. The maximum absolute atomic E-state index is 14.7. The third kappa shape index (κ3) is 3.78. The van der Waals surface area contributed by atoms with Crippen molar-refractivity contribution in [3.63, 3.8) is 0 Å². The molecule has 3 rings (SSSR count). The molecule has 0 radical (unpaired) electrons. The minimum absolute atomic E-state index is 0.254. The number of amides is 1. The fourth-order valence-electron chi connectivity index (χ4n) is 2.57. The summed E-state index contributed by atoms with van der Waals surface area (Å²) in [6.45, 7) is 0. The Morgan fingerprint density at radius 2 is 2.00 bits per heavy atom.